The smallest absolute Gasteiger partial charge is 0.282 e. The van der Waals surface area contributed by atoms with Crippen molar-refractivity contribution >= 4 is 34.2 Å². The lowest BCUT2D eigenvalue weighted by atomic mass is 10.2. The van der Waals surface area contributed by atoms with Gasteiger partial charge in [-0.2, -0.15) is 0 Å². The van der Waals surface area contributed by atoms with Gasteiger partial charge in [0.2, 0.25) is 0 Å². The largest absolute Gasteiger partial charge is 0.319 e. The Morgan fingerprint density at radius 2 is 2.04 bits per heavy atom. The van der Waals surface area contributed by atoms with Gasteiger partial charge in [0.25, 0.3) is 11.5 Å². The Bertz CT molecular complexity index is 997. The summed E-state index contributed by atoms with van der Waals surface area (Å²) in [6.45, 7) is 0.516. The number of aromatic nitrogens is 2. The van der Waals surface area contributed by atoms with Crippen molar-refractivity contribution < 1.29 is 4.79 Å². The van der Waals surface area contributed by atoms with Gasteiger partial charge in [0.1, 0.15) is 0 Å². The number of nitrogens with one attached hydrogen (secondary N) is 1. The highest BCUT2D eigenvalue weighted by molar-refractivity contribution is 6.31. The van der Waals surface area contributed by atoms with E-state index < -0.39 is 11.5 Å². The fraction of sp³-hybridized carbons (Fsp3) is 0.118. The van der Waals surface area contributed by atoms with E-state index >= 15 is 0 Å². The van der Waals surface area contributed by atoms with Crippen molar-refractivity contribution in [2.24, 2.45) is 0 Å². The van der Waals surface area contributed by atoms with Crippen LogP contribution in [-0.4, -0.2) is 22.4 Å². The minimum absolute atomic E-state index is 0.100. The molecule has 1 aromatic heterocycles. The molecule has 2 heterocycles. The van der Waals surface area contributed by atoms with Crippen molar-refractivity contribution in [3.8, 4) is 0 Å². The van der Waals surface area contributed by atoms with Crippen LogP contribution in [0.15, 0.2) is 47.3 Å². The third kappa shape index (κ3) is 2.29. The molecule has 6 heteroatoms. The monoisotopic (exact) mass is 325 g/mol. The van der Waals surface area contributed by atoms with Gasteiger partial charge in [-0.3, -0.25) is 9.59 Å². The van der Waals surface area contributed by atoms with Crippen molar-refractivity contribution in [2.75, 3.05) is 11.4 Å². The van der Waals surface area contributed by atoms with Gasteiger partial charge in [0, 0.05) is 17.3 Å². The normalized spacial score (nSPS) is 13.3. The summed E-state index contributed by atoms with van der Waals surface area (Å²) in [5, 5.41) is 0.559. The first kappa shape index (κ1) is 14.0. The molecule has 1 aliphatic rings. The van der Waals surface area contributed by atoms with Crippen molar-refractivity contribution in [2.45, 2.75) is 6.42 Å². The van der Waals surface area contributed by atoms with Crippen LogP contribution in [0.3, 0.4) is 0 Å². The number of aromatic amines is 1. The van der Waals surface area contributed by atoms with Crippen molar-refractivity contribution in [1.82, 2.24) is 9.97 Å². The zero-order valence-electron chi connectivity index (χ0n) is 12.0. The Morgan fingerprint density at radius 3 is 2.91 bits per heavy atom. The molecule has 1 N–H and O–H groups in total. The maximum Gasteiger partial charge on any atom is 0.282 e. The van der Waals surface area contributed by atoms with Gasteiger partial charge in [-0.15, -0.1) is 0 Å². The summed E-state index contributed by atoms with van der Waals surface area (Å²) in [6, 6.07) is 12.6. The number of rotatable bonds is 1. The number of halogens is 1. The Kier molecular flexibility index (Phi) is 3.16. The van der Waals surface area contributed by atoms with Gasteiger partial charge in [-0.05, 0) is 36.2 Å². The topological polar surface area (TPSA) is 66.1 Å². The molecule has 114 valence electrons. The number of anilines is 1. The minimum Gasteiger partial charge on any atom is -0.319 e. The van der Waals surface area contributed by atoms with E-state index in [4.69, 9.17) is 11.6 Å². The fourth-order valence-electron chi connectivity index (χ4n) is 2.87. The van der Waals surface area contributed by atoms with E-state index in [0.717, 1.165) is 17.7 Å². The van der Waals surface area contributed by atoms with Crippen LogP contribution >= 0.6 is 11.6 Å². The molecule has 0 spiro atoms. The second-order valence-corrected chi connectivity index (χ2v) is 5.85. The highest BCUT2D eigenvalue weighted by Gasteiger charge is 2.28. The lowest BCUT2D eigenvalue weighted by Crippen LogP contribution is -2.34. The number of carbonyl (C=O) groups excluding carboxylic acids is 1. The second kappa shape index (κ2) is 5.21. The van der Waals surface area contributed by atoms with Gasteiger partial charge in [0.15, 0.2) is 5.69 Å². The molecule has 2 aromatic carbocycles. The van der Waals surface area contributed by atoms with Crippen LogP contribution in [0.4, 0.5) is 5.69 Å². The summed E-state index contributed by atoms with van der Waals surface area (Å²) in [4.78, 5) is 33.5. The lowest BCUT2D eigenvalue weighted by molar-refractivity contribution is 0.0983. The Labute approximate surface area is 136 Å². The average Bonchev–Trinajstić information content (AvgIpc) is 2.96. The standard InChI is InChI=1S/C17H12ClN3O2/c18-11-6-5-10-7-8-21(14(10)9-11)17(23)15-16(22)20-13-4-2-1-3-12(13)19-15/h1-6,9H,7-8H2,(H,20,22). The predicted octanol–water partition coefficient (Wildman–Crippen LogP) is 2.78. The van der Waals surface area contributed by atoms with Crippen molar-refractivity contribution in [1.29, 1.82) is 0 Å². The summed E-state index contributed by atoms with van der Waals surface area (Å²) in [7, 11) is 0. The van der Waals surface area contributed by atoms with Crippen LogP contribution in [-0.2, 0) is 6.42 Å². The molecule has 1 aliphatic heterocycles. The molecule has 4 rings (SSSR count). The third-order valence-electron chi connectivity index (χ3n) is 3.99. The zero-order chi connectivity index (χ0) is 16.0. The van der Waals surface area contributed by atoms with E-state index in [1.54, 1.807) is 35.2 Å². The van der Waals surface area contributed by atoms with Crippen LogP contribution in [0.2, 0.25) is 5.02 Å². The summed E-state index contributed by atoms with van der Waals surface area (Å²) in [6.07, 6.45) is 0.740. The molecule has 0 aliphatic carbocycles. The van der Waals surface area contributed by atoms with Crippen LogP contribution in [0, 0.1) is 0 Å². The van der Waals surface area contributed by atoms with E-state index in [1.165, 1.54) is 0 Å². The van der Waals surface area contributed by atoms with Gasteiger partial charge in [0.05, 0.1) is 11.0 Å². The number of nitrogens with zero attached hydrogens (tertiary/aromatic N) is 2. The van der Waals surface area contributed by atoms with Gasteiger partial charge >= 0.3 is 0 Å². The molecule has 0 fully saturated rings. The quantitative estimate of drug-likeness (QED) is 0.748. The van der Waals surface area contributed by atoms with E-state index in [-0.39, 0.29) is 5.69 Å². The molecule has 23 heavy (non-hydrogen) atoms. The maximum absolute atomic E-state index is 12.8. The number of benzene rings is 2. The molecule has 3 aromatic rings. The molecule has 5 nitrogen and oxygen atoms in total. The molecule has 0 atom stereocenters. The van der Waals surface area contributed by atoms with Crippen LogP contribution in [0.5, 0.6) is 0 Å². The number of fused-ring (bicyclic) bond motifs is 2. The van der Waals surface area contributed by atoms with Gasteiger partial charge in [-0.25, -0.2) is 4.98 Å². The van der Waals surface area contributed by atoms with Crippen LogP contribution < -0.4 is 10.5 Å². The molecule has 0 saturated heterocycles. The fourth-order valence-corrected chi connectivity index (χ4v) is 3.03. The zero-order valence-corrected chi connectivity index (χ0v) is 12.8. The molecule has 0 saturated carbocycles. The Morgan fingerprint density at radius 1 is 1.22 bits per heavy atom. The van der Waals surface area contributed by atoms with Crippen molar-refractivity contribution in [3.05, 3.63) is 69.1 Å². The number of hydrogen-bond acceptors (Lipinski definition) is 3. The maximum atomic E-state index is 12.8. The number of para-hydroxylation sites is 2. The predicted molar refractivity (Wildman–Crippen MR) is 89.2 cm³/mol. The summed E-state index contributed by atoms with van der Waals surface area (Å²) in [5.41, 5.74) is 2.40. The highest BCUT2D eigenvalue weighted by Crippen LogP contribution is 2.31. The van der Waals surface area contributed by atoms with E-state index in [1.807, 2.05) is 12.1 Å². The number of carbonyl (C=O) groups is 1. The van der Waals surface area contributed by atoms with Gasteiger partial charge < -0.3 is 9.88 Å². The Balaban J connectivity index is 1.81. The third-order valence-corrected chi connectivity index (χ3v) is 4.23. The summed E-state index contributed by atoms with van der Waals surface area (Å²) < 4.78 is 0. The minimum atomic E-state index is -0.482. The van der Waals surface area contributed by atoms with Crippen molar-refractivity contribution in [3.63, 3.8) is 0 Å². The van der Waals surface area contributed by atoms with Crippen LogP contribution in [0.25, 0.3) is 11.0 Å². The first-order valence-electron chi connectivity index (χ1n) is 7.23. The summed E-state index contributed by atoms with van der Waals surface area (Å²) in [5.74, 6) is -0.405. The Hall–Kier alpha value is -2.66. The molecule has 0 unspecified atom stereocenters. The molecule has 1 amide bonds. The van der Waals surface area contributed by atoms with E-state index in [2.05, 4.69) is 9.97 Å². The molecule has 0 bridgehead atoms. The number of H-pyrrole nitrogens is 1. The lowest BCUT2D eigenvalue weighted by Gasteiger charge is -2.16. The van der Waals surface area contributed by atoms with E-state index in [9.17, 15) is 9.59 Å². The second-order valence-electron chi connectivity index (χ2n) is 5.41. The molecular formula is C17H12ClN3O2. The number of amides is 1. The SMILES string of the molecule is O=C(c1nc2ccccc2[nH]c1=O)N1CCc2ccc(Cl)cc21. The first-order valence-corrected chi connectivity index (χ1v) is 7.60. The molecule has 0 radical (unpaired) electrons. The average molecular weight is 326 g/mol. The number of hydrogen-bond donors (Lipinski definition) is 1. The van der Waals surface area contributed by atoms with E-state index in [0.29, 0.717) is 22.6 Å². The molecular weight excluding hydrogens is 314 g/mol. The highest BCUT2D eigenvalue weighted by atomic mass is 35.5. The first-order chi connectivity index (χ1) is 11.1. The summed E-state index contributed by atoms with van der Waals surface area (Å²) >= 11 is 6.03. The van der Waals surface area contributed by atoms with Gasteiger partial charge in [-0.1, -0.05) is 29.8 Å². The van der Waals surface area contributed by atoms with Crippen LogP contribution in [0.1, 0.15) is 16.1 Å².